The molecular formula is C13H13N3O5. The minimum absolute atomic E-state index is 0.00158. The Hall–Kier alpha value is -2.64. The third kappa shape index (κ3) is 2.18. The van der Waals surface area contributed by atoms with E-state index in [-0.39, 0.29) is 24.2 Å². The zero-order valence-corrected chi connectivity index (χ0v) is 11.2. The molecule has 110 valence electrons. The summed E-state index contributed by atoms with van der Waals surface area (Å²) in [6.45, 7) is 1.62. The molecule has 0 aliphatic carbocycles. The molecule has 0 radical (unpaired) electrons. The van der Waals surface area contributed by atoms with Gasteiger partial charge in [-0.3, -0.25) is 19.8 Å². The van der Waals surface area contributed by atoms with Crippen molar-refractivity contribution >= 4 is 23.4 Å². The lowest BCUT2D eigenvalue weighted by Gasteiger charge is -2.16. The predicted octanol–water partition coefficient (Wildman–Crippen LogP) is 0.981. The normalized spacial score (nSPS) is 22.5. The van der Waals surface area contributed by atoms with Gasteiger partial charge >= 0.3 is 6.09 Å². The van der Waals surface area contributed by atoms with E-state index in [1.54, 1.807) is 6.07 Å². The number of anilines is 1. The van der Waals surface area contributed by atoms with E-state index in [1.807, 2.05) is 0 Å². The van der Waals surface area contributed by atoms with Crippen LogP contribution in [0.3, 0.4) is 0 Å². The van der Waals surface area contributed by atoms with Crippen molar-refractivity contribution in [2.75, 3.05) is 11.4 Å². The van der Waals surface area contributed by atoms with E-state index in [2.05, 4.69) is 5.32 Å². The third-order valence-corrected chi connectivity index (χ3v) is 3.72. The number of hydrogen-bond donors (Lipinski definition) is 1. The Morgan fingerprint density at radius 2 is 2.33 bits per heavy atom. The topological polar surface area (TPSA) is 102 Å². The molecule has 0 saturated carbocycles. The average molecular weight is 291 g/mol. The maximum absolute atomic E-state index is 11.9. The van der Waals surface area contributed by atoms with Crippen LogP contribution < -0.4 is 10.2 Å². The van der Waals surface area contributed by atoms with Gasteiger partial charge in [0.1, 0.15) is 6.10 Å². The lowest BCUT2D eigenvalue weighted by atomic mass is 10.1. The summed E-state index contributed by atoms with van der Waals surface area (Å²) in [5.74, 6) is -0.198. The maximum Gasteiger partial charge on any atom is 0.415 e. The van der Waals surface area contributed by atoms with Gasteiger partial charge in [0.2, 0.25) is 5.91 Å². The van der Waals surface area contributed by atoms with Crippen LogP contribution in [0.25, 0.3) is 0 Å². The molecule has 21 heavy (non-hydrogen) atoms. The number of nitrogens with one attached hydrogen (secondary N) is 1. The highest BCUT2D eigenvalue weighted by Gasteiger charge is 2.47. The number of nitrogens with zero attached hydrogens (tertiary/aromatic N) is 2. The number of amides is 2. The Bertz CT molecular complexity index is 645. The van der Waals surface area contributed by atoms with Crippen LogP contribution >= 0.6 is 0 Å². The van der Waals surface area contributed by atoms with Gasteiger partial charge in [0, 0.05) is 19.1 Å². The van der Waals surface area contributed by atoms with E-state index in [0.29, 0.717) is 12.1 Å². The molecule has 1 aromatic carbocycles. The molecule has 2 amide bonds. The van der Waals surface area contributed by atoms with Crippen molar-refractivity contribution in [3.63, 3.8) is 0 Å². The standard InChI is InChI=1S/C13H13N3O5/c1-7(17)14-6-12-11-5-8-4-9(16(19)20)2-3-10(8)15(11)13(18)21-12/h2-4,11-12H,5-6H2,1H3,(H,14,17)/t11-,12-/m0/s1. The number of hydrogen-bond acceptors (Lipinski definition) is 5. The summed E-state index contributed by atoms with van der Waals surface area (Å²) >= 11 is 0. The lowest BCUT2D eigenvalue weighted by molar-refractivity contribution is -0.384. The van der Waals surface area contributed by atoms with Gasteiger partial charge in [0.05, 0.1) is 23.2 Å². The van der Waals surface area contributed by atoms with Crippen LogP contribution in [-0.2, 0) is 16.0 Å². The predicted molar refractivity (Wildman–Crippen MR) is 72.0 cm³/mol. The number of non-ortho nitro benzene ring substituents is 1. The number of fused-ring (bicyclic) bond motifs is 3. The number of rotatable bonds is 3. The van der Waals surface area contributed by atoms with Gasteiger partial charge in [-0.1, -0.05) is 0 Å². The minimum atomic E-state index is -0.483. The van der Waals surface area contributed by atoms with Crippen molar-refractivity contribution in [2.45, 2.75) is 25.5 Å². The molecule has 0 bridgehead atoms. The van der Waals surface area contributed by atoms with Gasteiger partial charge in [-0.2, -0.15) is 0 Å². The highest BCUT2D eigenvalue weighted by molar-refractivity contribution is 5.94. The van der Waals surface area contributed by atoms with Crippen LogP contribution in [0.4, 0.5) is 16.2 Å². The summed E-state index contributed by atoms with van der Waals surface area (Å²) in [6, 6.07) is 4.18. The number of carbonyl (C=O) groups is 2. The molecule has 1 aromatic rings. The molecule has 1 fully saturated rings. The van der Waals surface area contributed by atoms with Crippen molar-refractivity contribution in [3.05, 3.63) is 33.9 Å². The molecule has 1 N–H and O–H groups in total. The molecule has 8 nitrogen and oxygen atoms in total. The van der Waals surface area contributed by atoms with Gasteiger partial charge in [-0.15, -0.1) is 0 Å². The molecule has 2 atom stereocenters. The molecule has 3 rings (SSSR count). The lowest BCUT2D eigenvalue weighted by Crippen LogP contribution is -2.40. The number of carbonyl (C=O) groups excluding carboxylic acids is 2. The number of benzene rings is 1. The Morgan fingerprint density at radius 3 is 3.00 bits per heavy atom. The molecule has 2 aliphatic rings. The first-order valence-corrected chi connectivity index (χ1v) is 6.49. The molecule has 2 heterocycles. The zero-order valence-electron chi connectivity index (χ0n) is 11.2. The van der Waals surface area contributed by atoms with E-state index in [4.69, 9.17) is 4.74 Å². The largest absolute Gasteiger partial charge is 0.442 e. The Labute approximate surface area is 119 Å². The quantitative estimate of drug-likeness (QED) is 0.660. The van der Waals surface area contributed by atoms with Crippen LogP contribution in [-0.4, -0.2) is 35.6 Å². The fraction of sp³-hybridized carbons (Fsp3) is 0.385. The van der Waals surface area contributed by atoms with Crippen molar-refractivity contribution in [3.8, 4) is 0 Å². The molecule has 8 heteroatoms. The second kappa shape index (κ2) is 4.72. The molecule has 2 aliphatic heterocycles. The fourth-order valence-electron chi connectivity index (χ4n) is 2.80. The smallest absolute Gasteiger partial charge is 0.415 e. The summed E-state index contributed by atoms with van der Waals surface area (Å²) in [6.07, 6.45) is -0.455. The molecule has 1 saturated heterocycles. The van der Waals surface area contributed by atoms with E-state index in [9.17, 15) is 19.7 Å². The highest BCUT2D eigenvalue weighted by Crippen LogP contribution is 2.40. The Balaban J connectivity index is 1.86. The molecular weight excluding hydrogens is 278 g/mol. The number of ether oxygens (including phenoxy) is 1. The monoisotopic (exact) mass is 291 g/mol. The van der Waals surface area contributed by atoms with E-state index in [1.165, 1.54) is 24.0 Å². The van der Waals surface area contributed by atoms with E-state index in [0.717, 1.165) is 5.56 Å². The third-order valence-electron chi connectivity index (χ3n) is 3.72. The van der Waals surface area contributed by atoms with Crippen molar-refractivity contribution in [1.29, 1.82) is 0 Å². The van der Waals surface area contributed by atoms with E-state index >= 15 is 0 Å². The van der Waals surface area contributed by atoms with Crippen LogP contribution in [0.5, 0.6) is 0 Å². The first-order chi connectivity index (χ1) is 9.97. The van der Waals surface area contributed by atoms with Crippen LogP contribution in [0.1, 0.15) is 12.5 Å². The van der Waals surface area contributed by atoms with Gasteiger partial charge in [-0.05, 0) is 18.1 Å². The van der Waals surface area contributed by atoms with Gasteiger partial charge in [0.15, 0.2) is 0 Å². The number of nitro groups is 1. The summed E-state index contributed by atoms with van der Waals surface area (Å²) in [5.41, 5.74) is 1.39. The van der Waals surface area contributed by atoms with Crippen LogP contribution in [0.15, 0.2) is 18.2 Å². The Kier molecular flexibility index (Phi) is 3.00. The second-order valence-electron chi connectivity index (χ2n) is 5.07. The van der Waals surface area contributed by atoms with Gasteiger partial charge < -0.3 is 10.1 Å². The summed E-state index contributed by atoms with van der Waals surface area (Å²) in [4.78, 5) is 34.8. The average Bonchev–Trinajstić information content (AvgIpc) is 2.93. The van der Waals surface area contributed by atoms with Crippen molar-refractivity contribution < 1.29 is 19.2 Å². The summed E-state index contributed by atoms with van der Waals surface area (Å²) in [5, 5.41) is 13.4. The fourth-order valence-corrected chi connectivity index (χ4v) is 2.80. The minimum Gasteiger partial charge on any atom is -0.442 e. The zero-order chi connectivity index (χ0) is 15.1. The van der Waals surface area contributed by atoms with Gasteiger partial charge in [-0.25, -0.2) is 4.79 Å². The number of cyclic esters (lactones) is 1. The SMILES string of the molecule is CC(=O)NC[C@@H]1OC(=O)N2c3ccc([N+](=O)[O-])cc3C[C@@H]12. The molecule has 0 aromatic heterocycles. The van der Waals surface area contributed by atoms with Crippen LogP contribution in [0, 0.1) is 10.1 Å². The second-order valence-corrected chi connectivity index (χ2v) is 5.07. The first kappa shape index (κ1) is 13.3. The van der Waals surface area contributed by atoms with Gasteiger partial charge in [0.25, 0.3) is 5.69 Å². The van der Waals surface area contributed by atoms with Crippen molar-refractivity contribution in [2.24, 2.45) is 0 Å². The summed E-state index contributed by atoms with van der Waals surface area (Å²) in [7, 11) is 0. The highest BCUT2D eigenvalue weighted by atomic mass is 16.6. The maximum atomic E-state index is 11.9. The first-order valence-electron chi connectivity index (χ1n) is 6.49. The number of nitro benzene ring substituents is 1. The molecule has 0 spiro atoms. The van der Waals surface area contributed by atoms with Crippen molar-refractivity contribution in [1.82, 2.24) is 5.32 Å². The molecule has 0 unspecified atom stereocenters. The Morgan fingerprint density at radius 1 is 1.57 bits per heavy atom. The van der Waals surface area contributed by atoms with E-state index < -0.39 is 17.1 Å². The summed E-state index contributed by atoms with van der Waals surface area (Å²) < 4.78 is 5.25. The van der Waals surface area contributed by atoms with Crippen LogP contribution in [0.2, 0.25) is 0 Å².